The maximum atomic E-state index is 11.0. The zero-order valence-corrected chi connectivity index (χ0v) is 13.8. The Morgan fingerprint density at radius 2 is 2.15 bits per heavy atom. The van der Waals surface area contributed by atoms with E-state index in [1.165, 1.54) is 0 Å². The van der Waals surface area contributed by atoms with Crippen molar-refractivity contribution in [1.29, 1.82) is 0 Å². The summed E-state index contributed by atoms with van der Waals surface area (Å²) in [6.07, 6.45) is 1.56. The lowest BCUT2D eigenvalue weighted by Gasteiger charge is -2.03. The number of aromatic amines is 1. The Bertz CT molecular complexity index is 1020. The van der Waals surface area contributed by atoms with Crippen LogP contribution in [0.4, 0.5) is 0 Å². The second kappa shape index (κ2) is 7.31. The monoisotopic (exact) mass is 351 g/mol. The van der Waals surface area contributed by atoms with Gasteiger partial charge in [0.15, 0.2) is 5.75 Å². The van der Waals surface area contributed by atoms with Crippen LogP contribution in [-0.4, -0.2) is 43.6 Å². The van der Waals surface area contributed by atoms with Gasteiger partial charge in [0.1, 0.15) is 5.75 Å². The molecule has 0 unspecified atom stereocenters. The first-order valence-corrected chi connectivity index (χ1v) is 7.38. The molecule has 0 bridgehead atoms. The standard InChI is InChI=1S/C17H13N5O4/c1-10-13(25-2)9-18-14(19-10)7-6-11-4-3-5-12(8-11)26-16-15(17(23)24)20-22-21-16/h3-5,8-9H,1-2H3,(H,23,24)(H,20,21,22). The fourth-order valence-electron chi connectivity index (χ4n) is 2.02. The molecule has 0 atom stereocenters. The number of H-pyrrole nitrogens is 1. The Balaban J connectivity index is 1.81. The summed E-state index contributed by atoms with van der Waals surface area (Å²) in [7, 11) is 1.55. The van der Waals surface area contributed by atoms with Crippen LogP contribution in [0.25, 0.3) is 0 Å². The van der Waals surface area contributed by atoms with Crippen molar-refractivity contribution < 1.29 is 19.4 Å². The number of ether oxygens (including phenoxy) is 2. The topological polar surface area (TPSA) is 123 Å². The number of hydrogen-bond acceptors (Lipinski definition) is 7. The average Bonchev–Trinajstić information content (AvgIpc) is 3.09. The summed E-state index contributed by atoms with van der Waals surface area (Å²) in [6.45, 7) is 1.80. The SMILES string of the molecule is COc1cnc(C#Cc2cccc(Oc3nn[nH]c3C(=O)O)c2)nc1C. The van der Waals surface area contributed by atoms with Crippen LogP contribution in [-0.2, 0) is 0 Å². The molecule has 3 rings (SSSR count). The van der Waals surface area contributed by atoms with Crippen LogP contribution in [0.1, 0.15) is 27.6 Å². The van der Waals surface area contributed by atoms with E-state index < -0.39 is 5.97 Å². The Labute approximate surface area is 148 Å². The minimum atomic E-state index is -1.21. The molecule has 130 valence electrons. The highest BCUT2D eigenvalue weighted by atomic mass is 16.5. The van der Waals surface area contributed by atoms with Crippen LogP contribution in [0.3, 0.4) is 0 Å². The second-order valence-electron chi connectivity index (χ2n) is 5.02. The van der Waals surface area contributed by atoms with Crippen molar-refractivity contribution in [3.8, 4) is 29.2 Å². The molecule has 0 saturated carbocycles. The zero-order valence-electron chi connectivity index (χ0n) is 13.8. The predicted molar refractivity (Wildman–Crippen MR) is 89.2 cm³/mol. The summed E-state index contributed by atoms with van der Waals surface area (Å²) in [5, 5.41) is 18.3. The Morgan fingerprint density at radius 1 is 1.31 bits per heavy atom. The lowest BCUT2D eigenvalue weighted by molar-refractivity contribution is 0.0687. The number of aryl methyl sites for hydroxylation is 1. The van der Waals surface area contributed by atoms with E-state index in [9.17, 15) is 4.79 Å². The largest absolute Gasteiger partial charge is 0.493 e. The van der Waals surface area contributed by atoms with Gasteiger partial charge in [-0.25, -0.2) is 19.9 Å². The van der Waals surface area contributed by atoms with E-state index in [-0.39, 0.29) is 11.6 Å². The van der Waals surface area contributed by atoms with Gasteiger partial charge in [-0.2, -0.15) is 0 Å². The maximum Gasteiger partial charge on any atom is 0.359 e. The minimum Gasteiger partial charge on any atom is -0.493 e. The summed E-state index contributed by atoms with van der Waals surface area (Å²) >= 11 is 0. The highest BCUT2D eigenvalue weighted by molar-refractivity contribution is 5.87. The molecule has 0 radical (unpaired) electrons. The van der Waals surface area contributed by atoms with Crippen LogP contribution in [0.15, 0.2) is 30.5 Å². The normalized spacial score (nSPS) is 9.92. The number of carboxylic acids is 1. The molecule has 9 heteroatoms. The van der Waals surface area contributed by atoms with Crippen molar-refractivity contribution in [2.75, 3.05) is 7.11 Å². The minimum absolute atomic E-state index is 0.128. The first-order valence-electron chi connectivity index (χ1n) is 7.38. The average molecular weight is 351 g/mol. The van der Waals surface area contributed by atoms with E-state index >= 15 is 0 Å². The van der Waals surface area contributed by atoms with E-state index in [0.29, 0.717) is 28.6 Å². The number of rotatable bonds is 4. The molecule has 9 nitrogen and oxygen atoms in total. The van der Waals surface area contributed by atoms with Gasteiger partial charge in [-0.1, -0.05) is 22.3 Å². The van der Waals surface area contributed by atoms with Gasteiger partial charge in [-0.3, -0.25) is 0 Å². The summed E-state index contributed by atoms with van der Waals surface area (Å²) in [6, 6.07) is 6.79. The zero-order chi connectivity index (χ0) is 18.5. The van der Waals surface area contributed by atoms with Crippen molar-refractivity contribution >= 4 is 5.97 Å². The van der Waals surface area contributed by atoms with E-state index in [2.05, 4.69) is 37.2 Å². The quantitative estimate of drug-likeness (QED) is 0.682. The summed E-state index contributed by atoms with van der Waals surface area (Å²) in [5.74, 6) is 5.77. The number of aromatic nitrogens is 5. The third-order valence-electron chi connectivity index (χ3n) is 3.25. The summed E-state index contributed by atoms with van der Waals surface area (Å²) < 4.78 is 10.6. The van der Waals surface area contributed by atoms with Crippen LogP contribution < -0.4 is 9.47 Å². The molecule has 0 saturated heterocycles. The number of benzene rings is 1. The smallest absolute Gasteiger partial charge is 0.359 e. The molecular formula is C17H13N5O4. The van der Waals surface area contributed by atoms with Crippen molar-refractivity contribution in [3.63, 3.8) is 0 Å². The molecule has 0 aliphatic carbocycles. The first-order chi connectivity index (χ1) is 12.6. The fourth-order valence-corrected chi connectivity index (χ4v) is 2.02. The molecule has 2 aromatic heterocycles. The maximum absolute atomic E-state index is 11.0. The van der Waals surface area contributed by atoms with Gasteiger partial charge in [0.2, 0.25) is 11.5 Å². The molecule has 0 aliphatic rings. The number of methoxy groups -OCH3 is 1. The molecule has 0 spiro atoms. The molecule has 0 aliphatic heterocycles. The third kappa shape index (κ3) is 3.76. The number of carboxylic acid groups (broad SMARTS) is 1. The van der Waals surface area contributed by atoms with Crippen LogP contribution >= 0.6 is 0 Å². The molecule has 0 fully saturated rings. The molecule has 2 heterocycles. The van der Waals surface area contributed by atoms with Gasteiger partial charge in [0, 0.05) is 5.56 Å². The van der Waals surface area contributed by atoms with E-state index in [1.54, 1.807) is 44.5 Å². The highest BCUT2D eigenvalue weighted by Crippen LogP contribution is 2.22. The number of aromatic carboxylic acids is 1. The van der Waals surface area contributed by atoms with E-state index in [4.69, 9.17) is 14.6 Å². The number of nitrogens with one attached hydrogen (secondary N) is 1. The van der Waals surface area contributed by atoms with Crippen LogP contribution in [0.5, 0.6) is 17.4 Å². The van der Waals surface area contributed by atoms with E-state index in [1.807, 2.05) is 0 Å². The van der Waals surface area contributed by atoms with E-state index in [0.717, 1.165) is 0 Å². The van der Waals surface area contributed by atoms with Gasteiger partial charge in [0.25, 0.3) is 5.88 Å². The molecule has 0 amide bonds. The lowest BCUT2D eigenvalue weighted by atomic mass is 10.2. The van der Waals surface area contributed by atoms with Gasteiger partial charge in [-0.05, 0) is 31.0 Å². The van der Waals surface area contributed by atoms with Crippen molar-refractivity contribution in [2.45, 2.75) is 6.92 Å². The predicted octanol–water partition coefficient (Wildman–Crippen LogP) is 1.80. The first kappa shape index (κ1) is 16.9. The fraction of sp³-hybridized carbons (Fsp3) is 0.118. The highest BCUT2D eigenvalue weighted by Gasteiger charge is 2.16. The summed E-state index contributed by atoms with van der Waals surface area (Å²) in [5.41, 5.74) is 1.10. The van der Waals surface area contributed by atoms with Crippen LogP contribution in [0, 0.1) is 18.8 Å². The van der Waals surface area contributed by atoms with Gasteiger partial charge in [-0.15, -0.1) is 0 Å². The molecular weight excluding hydrogens is 338 g/mol. The second-order valence-corrected chi connectivity index (χ2v) is 5.02. The molecule has 3 aromatic rings. The Kier molecular flexibility index (Phi) is 4.76. The van der Waals surface area contributed by atoms with Crippen molar-refractivity contribution in [2.24, 2.45) is 0 Å². The van der Waals surface area contributed by atoms with Crippen LogP contribution in [0.2, 0.25) is 0 Å². The number of carbonyl (C=O) groups is 1. The van der Waals surface area contributed by atoms with Gasteiger partial charge in [0.05, 0.1) is 19.0 Å². The molecule has 2 N–H and O–H groups in total. The van der Waals surface area contributed by atoms with Crippen molar-refractivity contribution in [1.82, 2.24) is 25.4 Å². The lowest BCUT2D eigenvalue weighted by Crippen LogP contribution is -1.99. The number of nitrogens with zero attached hydrogens (tertiary/aromatic N) is 4. The van der Waals surface area contributed by atoms with Gasteiger partial charge < -0.3 is 14.6 Å². The van der Waals surface area contributed by atoms with Gasteiger partial charge >= 0.3 is 5.97 Å². The Hall–Kier alpha value is -3.93. The molecule has 26 heavy (non-hydrogen) atoms. The number of hydrogen-bond donors (Lipinski definition) is 2. The molecule has 1 aromatic carbocycles. The Morgan fingerprint density at radius 3 is 2.88 bits per heavy atom. The van der Waals surface area contributed by atoms with Crippen molar-refractivity contribution in [3.05, 3.63) is 53.2 Å². The summed E-state index contributed by atoms with van der Waals surface area (Å²) in [4.78, 5) is 19.4. The third-order valence-corrected chi connectivity index (χ3v) is 3.25.